The summed E-state index contributed by atoms with van der Waals surface area (Å²) in [5.74, 6) is 1.58. The first-order valence-electron chi connectivity index (χ1n) is 7.01. The van der Waals surface area contributed by atoms with Crippen molar-refractivity contribution in [2.45, 2.75) is 39.2 Å². The standard InChI is InChI=1S/C16H20ClN3/c1-3-15-19-14(17)11-16(20-15)18-12(2)9-10-13-7-5-4-6-8-13/h4-8,11-12H,3,9-10H2,1-2H3,(H,18,19,20). The van der Waals surface area contributed by atoms with Crippen LogP contribution in [0.15, 0.2) is 36.4 Å². The maximum atomic E-state index is 5.99. The van der Waals surface area contributed by atoms with Crippen LogP contribution in [-0.4, -0.2) is 16.0 Å². The van der Waals surface area contributed by atoms with Crippen LogP contribution in [0.2, 0.25) is 5.15 Å². The second-order valence-electron chi connectivity index (χ2n) is 4.92. The zero-order chi connectivity index (χ0) is 14.4. The number of aryl methyl sites for hydroxylation is 2. The normalized spacial score (nSPS) is 12.2. The number of nitrogens with zero attached hydrogens (tertiary/aromatic N) is 2. The molecule has 1 aromatic heterocycles. The predicted molar refractivity (Wildman–Crippen MR) is 84.3 cm³/mol. The van der Waals surface area contributed by atoms with Gasteiger partial charge in [-0.1, -0.05) is 48.9 Å². The highest BCUT2D eigenvalue weighted by atomic mass is 35.5. The van der Waals surface area contributed by atoms with Gasteiger partial charge in [0.05, 0.1) is 0 Å². The average Bonchev–Trinajstić information content (AvgIpc) is 2.45. The number of hydrogen-bond donors (Lipinski definition) is 1. The van der Waals surface area contributed by atoms with Gasteiger partial charge in [0.2, 0.25) is 0 Å². The largest absolute Gasteiger partial charge is 0.367 e. The molecule has 1 atom stereocenters. The van der Waals surface area contributed by atoms with Crippen molar-refractivity contribution in [3.8, 4) is 0 Å². The molecule has 0 radical (unpaired) electrons. The molecule has 1 unspecified atom stereocenters. The Morgan fingerprint density at radius 3 is 2.65 bits per heavy atom. The van der Waals surface area contributed by atoms with Crippen LogP contribution < -0.4 is 5.32 Å². The minimum atomic E-state index is 0.339. The van der Waals surface area contributed by atoms with E-state index < -0.39 is 0 Å². The predicted octanol–water partition coefficient (Wildman–Crippen LogP) is 4.13. The molecule has 0 aliphatic heterocycles. The second-order valence-corrected chi connectivity index (χ2v) is 5.30. The maximum absolute atomic E-state index is 5.99. The molecule has 1 aromatic carbocycles. The van der Waals surface area contributed by atoms with Crippen molar-refractivity contribution in [3.05, 3.63) is 52.9 Å². The molecular formula is C16H20ClN3. The third kappa shape index (κ3) is 4.49. The van der Waals surface area contributed by atoms with E-state index in [1.54, 1.807) is 6.07 Å². The quantitative estimate of drug-likeness (QED) is 0.813. The topological polar surface area (TPSA) is 37.8 Å². The van der Waals surface area contributed by atoms with Crippen molar-refractivity contribution in [2.24, 2.45) is 0 Å². The second kappa shape index (κ2) is 7.25. The van der Waals surface area contributed by atoms with Crippen molar-refractivity contribution in [1.82, 2.24) is 9.97 Å². The molecule has 20 heavy (non-hydrogen) atoms. The van der Waals surface area contributed by atoms with Crippen molar-refractivity contribution < 1.29 is 0 Å². The van der Waals surface area contributed by atoms with Crippen LogP contribution in [-0.2, 0) is 12.8 Å². The highest BCUT2D eigenvalue weighted by molar-refractivity contribution is 6.29. The first kappa shape index (κ1) is 14.8. The number of anilines is 1. The minimum Gasteiger partial charge on any atom is -0.367 e. The van der Waals surface area contributed by atoms with Gasteiger partial charge >= 0.3 is 0 Å². The van der Waals surface area contributed by atoms with Crippen LogP contribution in [0.1, 0.15) is 31.7 Å². The van der Waals surface area contributed by atoms with E-state index >= 15 is 0 Å². The number of nitrogens with one attached hydrogen (secondary N) is 1. The highest BCUT2D eigenvalue weighted by Crippen LogP contribution is 2.14. The molecule has 0 fully saturated rings. The monoisotopic (exact) mass is 289 g/mol. The Hall–Kier alpha value is -1.61. The van der Waals surface area contributed by atoms with Gasteiger partial charge in [0.1, 0.15) is 16.8 Å². The van der Waals surface area contributed by atoms with Crippen molar-refractivity contribution >= 4 is 17.4 Å². The van der Waals surface area contributed by atoms with Gasteiger partial charge in [-0.15, -0.1) is 0 Å². The Bertz CT molecular complexity index is 543. The molecule has 1 N–H and O–H groups in total. The zero-order valence-corrected chi connectivity index (χ0v) is 12.7. The first-order chi connectivity index (χ1) is 9.67. The van der Waals surface area contributed by atoms with Crippen LogP contribution in [0.25, 0.3) is 0 Å². The summed E-state index contributed by atoms with van der Waals surface area (Å²) in [4.78, 5) is 8.61. The smallest absolute Gasteiger partial charge is 0.134 e. The molecule has 1 heterocycles. The molecule has 2 rings (SSSR count). The summed E-state index contributed by atoms with van der Waals surface area (Å²) in [5, 5.41) is 3.89. The van der Waals surface area contributed by atoms with E-state index in [1.807, 2.05) is 13.0 Å². The van der Waals surface area contributed by atoms with E-state index in [4.69, 9.17) is 11.6 Å². The fourth-order valence-corrected chi connectivity index (χ4v) is 2.25. The molecule has 0 aliphatic carbocycles. The lowest BCUT2D eigenvalue weighted by atomic mass is 10.1. The zero-order valence-electron chi connectivity index (χ0n) is 11.9. The summed E-state index contributed by atoms with van der Waals surface area (Å²) >= 11 is 5.99. The van der Waals surface area contributed by atoms with Gasteiger partial charge in [0.15, 0.2) is 0 Å². The summed E-state index contributed by atoms with van der Waals surface area (Å²) in [7, 11) is 0. The Kier molecular flexibility index (Phi) is 5.36. The maximum Gasteiger partial charge on any atom is 0.134 e. The fraction of sp³-hybridized carbons (Fsp3) is 0.375. The van der Waals surface area contributed by atoms with E-state index in [2.05, 4.69) is 46.5 Å². The van der Waals surface area contributed by atoms with Crippen molar-refractivity contribution in [1.29, 1.82) is 0 Å². The number of halogens is 1. The molecule has 0 bridgehead atoms. The molecule has 2 aromatic rings. The molecule has 0 amide bonds. The number of rotatable bonds is 6. The third-order valence-corrected chi connectivity index (χ3v) is 3.35. The summed E-state index contributed by atoms with van der Waals surface area (Å²) < 4.78 is 0. The number of benzene rings is 1. The van der Waals surface area contributed by atoms with Gasteiger partial charge in [-0.2, -0.15) is 0 Å². The van der Waals surface area contributed by atoms with E-state index in [9.17, 15) is 0 Å². The number of hydrogen-bond acceptors (Lipinski definition) is 3. The lowest BCUT2D eigenvalue weighted by Crippen LogP contribution is -2.17. The Morgan fingerprint density at radius 2 is 1.95 bits per heavy atom. The molecule has 0 saturated heterocycles. The van der Waals surface area contributed by atoms with Crippen molar-refractivity contribution in [3.63, 3.8) is 0 Å². The van der Waals surface area contributed by atoms with Crippen molar-refractivity contribution in [2.75, 3.05) is 5.32 Å². The van der Waals surface area contributed by atoms with Gasteiger partial charge in [-0.05, 0) is 25.3 Å². The molecular weight excluding hydrogens is 270 g/mol. The highest BCUT2D eigenvalue weighted by Gasteiger charge is 2.06. The average molecular weight is 290 g/mol. The molecule has 106 valence electrons. The molecule has 0 aliphatic rings. The Morgan fingerprint density at radius 1 is 1.20 bits per heavy atom. The van der Waals surface area contributed by atoms with E-state index in [0.717, 1.165) is 30.9 Å². The summed E-state index contributed by atoms with van der Waals surface area (Å²) in [6.07, 6.45) is 2.88. The van der Waals surface area contributed by atoms with Crippen LogP contribution >= 0.6 is 11.6 Å². The van der Waals surface area contributed by atoms with E-state index in [0.29, 0.717) is 11.2 Å². The summed E-state index contributed by atoms with van der Waals surface area (Å²) in [5.41, 5.74) is 1.36. The van der Waals surface area contributed by atoms with Gasteiger partial charge in [0, 0.05) is 18.5 Å². The SMILES string of the molecule is CCc1nc(Cl)cc(NC(C)CCc2ccccc2)n1. The lowest BCUT2D eigenvalue weighted by Gasteiger charge is -2.15. The van der Waals surface area contributed by atoms with E-state index in [1.165, 1.54) is 5.56 Å². The summed E-state index contributed by atoms with van der Waals surface area (Å²) in [6.45, 7) is 4.18. The Balaban J connectivity index is 1.91. The minimum absolute atomic E-state index is 0.339. The van der Waals surface area contributed by atoms with E-state index in [-0.39, 0.29) is 0 Å². The van der Waals surface area contributed by atoms with Crippen LogP contribution in [0.5, 0.6) is 0 Å². The Labute approximate surface area is 125 Å². The number of aromatic nitrogens is 2. The fourth-order valence-electron chi connectivity index (χ4n) is 2.05. The first-order valence-corrected chi connectivity index (χ1v) is 7.39. The van der Waals surface area contributed by atoms with Gasteiger partial charge < -0.3 is 5.32 Å². The lowest BCUT2D eigenvalue weighted by molar-refractivity contribution is 0.701. The molecule has 0 saturated carbocycles. The molecule has 3 nitrogen and oxygen atoms in total. The van der Waals surface area contributed by atoms with Crippen LogP contribution in [0.4, 0.5) is 5.82 Å². The summed E-state index contributed by atoms with van der Waals surface area (Å²) in [6, 6.07) is 12.6. The van der Waals surface area contributed by atoms with Crippen LogP contribution in [0, 0.1) is 0 Å². The van der Waals surface area contributed by atoms with Crippen LogP contribution in [0.3, 0.4) is 0 Å². The van der Waals surface area contributed by atoms with Gasteiger partial charge in [-0.25, -0.2) is 9.97 Å². The third-order valence-electron chi connectivity index (χ3n) is 3.16. The molecule has 4 heteroatoms. The van der Waals surface area contributed by atoms with Gasteiger partial charge in [0.25, 0.3) is 0 Å². The van der Waals surface area contributed by atoms with Gasteiger partial charge in [-0.3, -0.25) is 0 Å². The molecule has 0 spiro atoms.